The standard InChI is InChI=1S/C26H26N2O4/c1-30-23-13-18(14-24(31-2)25(23)32-3)26(29)28-15-20(17-9-5-4-6-10-17)21-16-27-22-12-8-7-11-19(21)22/h4-14,16,20,27H,15H2,1-3H3,(H,28,29)/t20-/m0/s1. The van der Waals surface area contributed by atoms with Crippen LogP contribution < -0.4 is 19.5 Å². The predicted molar refractivity (Wildman–Crippen MR) is 125 cm³/mol. The number of hydrogen-bond acceptors (Lipinski definition) is 4. The van der Waals surface area contributed by atoms with Crippen molar-refractivity contribution in [3.63, 3.8) is 0 Å². The lowest BCUT2D eigenvalue weighted by molar-refractivity contribution is 0.0951. The van der Waals surface area contributed by atoms with E-state index in [0.29, 0.717) is 29.4 Å². The van der Waals surface area contributed by atoms with E-state index >= 15 is 0 Å². The number of fused-ring (bicyclic) bond motifs is 1. The van der Waals surface area contributed by atoms with Crippen LogP contribution in [0.4, 0.5) is 0 Å². The zero-order chi connectivity index (χ0) is 22.5. The number of rotatable bonds is 8. The topological polar surface area (TPSA) is 72.6 Å². The summed E-state index contributed by atoms with van der Waals surface area (Å²) in [6.45, 7) is 0.432. The van der Waals surface area contributed by atoms with Crippen molar-refractivity contribution in [1.29, 1.82) is 0 Å². The maximum absolute atomic E-state index is 13.1. The number of ether oxygens (including phenoxy) is 3. The van der Waals surface area contributed by atoms with Gasteiger partial charge in [0, 0.05) is 35.1 Å². The lowest BCUT2D eigenvalue weighted by Gasteiger charge is -2.19. The number of amides is 1. The molecule has 0 saturated carbocycles. The molecule has 0 bridgehead atoms. The second-order valence-corrected chi connectivity index (χ2v) is 7.38. The highest BCUT2D eigenvalue weighted by atomic mass is 16.5. The number of hydrogen-bond donors (Lipinski definition) is 2. The third-order valence-corrected chi connectivity index (χ3v) is 5.59. The zero-order valence-corrected chi connectivity index (χ0v) is 18.3. The highest BCUT2D eigenvalue weighted by Crippen LogP contribution is 2.38. The van der Waals surface area contributed by atoms with Crippen LogP contribution in [0.25, 0.3) is 10.9 Å². The van der Waals surface area contributed by atoms with Gasteiger partial charge in [-0.05, 0) is 29.3 Å². The molecule has 0 radical (unpaired) electrons. The zero-order valence-electron chi connectivity index (χ0n) is 18.3. The van der Waals surface area contributed by atoms with Crippen LogP contribution in [0.2, 0.25) is 0 Å². The van der Waals surface area contributed by atoms with Crippen LogP contribution in [0.15, 0.2) is 72.9 Å². The molecule has 2 N–H and O–H groups in total. The Bertz CT molecular complexity index is 1190. The lowest BCUT2D eigenvalue weighted by Crippen LogP contribution is -2.29. The van der Waals surface area contributed by atoms with Crippen LogP contribution in [0.1, 0.15) is 27.4 Å². The van der Waals surface area contributed by atoms with E-state index < -0.39 is 0 Å². The first-order chi connectivity index (χ1) is 15.7. The first kappa shape index (κ1) is 21.3. The molecule has 0 spiro atoms. The quantitative estimate of drug-likeness (QED) is 0.423. The SMILES string of the molecule is COc1cc(C(=O)NC[C@@H](c2ccccc2)c2c[nH]c3ccccc23)cc(OC)c1OC. The fraction of sp³-hybridized carbons (Fsp3) is 0.192. The molecular formula is C26H26N2O4. The van der Waals surface area contributed by atoms with Gasteiger partial charge in [0.05, 0.1) is 21.3 Å². The number of benzene rings is 3. The summed E-state index contributed by atoms with van der Waals surface area (Å²) in [5.41, 5.74) is 3.77. The summed E-state index contributed by atoms with van der Waals surface area (Å²) in [6, 6.07) is 21.7. The number of carbonyl (C=O) groups excluding carboxylic acids is 1. The molecule has 1 atom stereocenters. The van der Waals surface area contributed by atoms with Gasteiger partial charge >= 0.3 is 0 Å². The summed E-state index contributed by atoms with van der Waals surface area (Å²) >= 11 is 0. The van der Waals surface area contributed by atoms with Gasteiger partial charge in [0.1, 0.15) is 0 Å². The molecule has 6 nitrogen and oxygen atoms in total. The first-order valence-corrected chi connectivity index (χ1v) is 10.4. The second kappa shape index (κ2) is 9.47. The molecular weight excluding hydrogens is 404 g/mol. The van der Waals surface area contributed by atoms with Crippen LogP contribution >= 0.6 is 0 Å². The van der Waals surface area contributed by atoms with Crippen molar-refractivity contribution in [2.45, 2.75) is 5.92 Å². The monoisotopic (exact) mass is 430 g/mol. The van der Waals surface area contributed by atoms with Crippen LogP contribution in [-0.2, 0) is 0 Å². The molecule has 0 unspecified atom stereocenters. The molecule has 1 amide bonds. The Hall–Kier alpha value is -3.93. The Morgan fingerprint density at radius 1 is 0.906 bits per heavy atom. The average Bonchev–Trinajstić information content (AvgIpc) is 3.27. The van der Waals surface area contributed by atoms with E-state index in [-0.39, 0.29) is 11.8 Å². The minimum Gasteiger partial charge on any atom is -0.493 e. The molecule has 0 aliphatic heterocycles. The van der Waals surface area contributed by atoms with Crippen molar-refractivity contribution in [1.82, 2.24) is 10.3 Å². The third kappa shape index (κ3) is 4.12. The van der Waals surface area contributed by atoms with Gasteiger partial charge in [-0.1, -0.05) is 48.5 Å². The number of aromatic amines is 1. The van der Waals surface area contributed by atoms with E-state index in [1.54, 1.807) is 12.1 Å². The molecule has 32 heavy (non-hydrogen) atoms. The Morgan fingerprint density at radius 3 is 2.22 bits per heavy atom. The van der Waals surface area contributed by atoms with Crippen molar-refractivity contribution in [3.05, 3.63) is 89.6 Å². The number of methoxy groups -OCH3 is 3. The number of carbonyl (C=O) groups is 1. The Kier molecular flexibility index (Phi) is 6.31. The van der Waals surface area contributed by atoms with Gasteiger partial charge in [-0.3, -0.25) is 4.79 Å². The molecule has 4 aromatic rings. The van der Waals surface area contributed by atoms with E-state index in [9.17, 15) is 4.79 Å². The largest absolute Gasteiger partial charge is 0.493 e. The molecule has 1 heterocycles. The van der Waals surface area contributed by atoms with Crippen molar-refractivity contribution < 1.29 is 19.0 Å². The normalized spacial score (nSPS) is 11.7. The Labute approximate surface area is 187 Å². The minimum atomic E-state index is -0.218. The summed E-state index contributed by atoms with van der Waals surface area (Å²) in [4.78, 5) is 16.4. The van der Waals surface area contributed by atoms with E-state index in [1.165, 1.54) is 21.3 Å². The van der Waals surface area contributed by atoms with Crippen LogP contribution in [0, 0.1) is 0 Å². The van der Waals surface area contributed by atoms with E-state index in [0.717, 1.165) is 22.0 Å². The highest BCUT2D eigenvalue weighted by Gasteiger charge is 2.21. The van der Waals surface area contributed by atoms with Gasteiger partial charge in [0.2, 0.25) is 5.75 Å². The molecule has 164 valence electrons. The molecule has 6 heteroatoms. The third-order valence-electron chi connectivity index (χ3n) is 5.59. The average molecular weight is 431 g/mol. The van der Waals surface area contributed by atoms with Crippen LogP contribution in [0.3, 0.4) is 0 Å². The van der Waals surface area contributed by atoms with Crippen molar-refractivity contribution in [2.75, 3.05) is 27.9 Å². The summed E-state index contributed by atoms with van der Waals surface area (Å²) in [5, 5.41) is 4.23. The number of para-hydroxylation sites is 1. The van der Waals surface area contributed by atoms with Gasteiger partial charge in [-0.2, -0.15) is 0 Å². The number of aromatic nitrogens is 1. The Morgan fingerprint density at radius 2 is 1.56 bits per heavy atom. The summed E-state index contributed by atoms with van der Waals surface area (Å²) in [6.07, 6.45) is 2.02. The number of H-pyrrole nitrogens is 1. The van der Waals surface area contributed by atoms with E-state index in [4.69, 9.17) is 14.2 Å². The summed E-state index contributed by atoms with van der Waals surface area (Å²) in [5.74, 6) is 1.09. The van der Waals surface area contributed by atoms with Gasteiger partial charge in [0.15, 0.2) is 11.5 Å². The van der Waals surface area contributed by atoms with Crippen LogP contribution in [0.5, 0.6) is 17.2 Å². The van der Waals surface area contributed by atoms with Crippen molar-refractivity contribution in [3.8, 4) is 17.2 Å². The van der Waals surface area contributed by atoms with Crippen molar-refractivity contribution in [2.24, 2.45) is 0 Å². The van der Waals surface area contributed by atoms with Crippen LogP contribution in [-0.4, -0.2) is 38.8 Å². The molecule has 0 aliphatic carbocycles. The Balaban J connectivity index is 1.64. The predicted octanol–water partition coefficient (Wildman–Crippen LogP) is 4.76. The summed E-state index contributed by atoms with van der Waals surface area (Å²) < 4.78 is 16.1. The highest BCUT2D eigenvalue weighted by molar-refractivity contribution is 5.95. The van der Waals surface area contributed by atoms with Gasteiger partial charge in [-0.15, -0.1) is 0 Å². The van der Waals surface area contributed by atoms with Crippen molar-refractivity contribution >= 4 is 16.8 Å². The summed E-state index contributed by atoms with van der Waals surface area (Å²) in [7, 11) is 4.59. The van der Waals surface area contributed by atoms with E-state index in [1.807, 2.05) is 36.5 Å². The second-order valence-electron chi connectivity index (χ2n) is 7.38. The van der Waals surface area contributed by atoms with Gasteiger partial charge in [-0.25, -0.2) is 0 Å². The molecule has 4 rings (SSSR count). The molecule has 0 saturated heterocycles. The first-order valence-electron chi connectivity index (χ1n) is 10.4. The smallest absolute Gasteiger partial charge is 0.251 e. The minimum absolute atomic E-state index is 0.0154. The lowest BCUT2D eigenvalue weighted by atomic mass is 9.91. The number of nitrogens with one attached hydrogen (secondary N) is 2. The molecule has 0 fully saturated rings. The van der Waals surface area contributed by atoms with Gasteiger partial charge in [0.25, 0.3) is 5.91 Å². The molecule has 1 aromatic heterocycles. The fourth-order valence-electron chi connectivity index (χ4n) is 3.98. The maximum Gasteiger partial charge on any atom is 0.251 e. The van der Waals surface area contributed by atoms with E-state index in [2.05, 4.69) is 34.6 Å². The molecule has 3 aromatic carbocycles. The fourth-order valence-corrected chi connectivity index (χ4v) is 3.98. The molecule has 0 aliphatic rings. The maximum atomic E-state index is 13.1. The van der Waals surface area contributed by atoms with Gasteiger partial charge < -0.3 is 24.5 Å².